The molecule has 0 saturated carbocycles. The van der Waals surface area contributed by atoms with E-state index in [1.54, 1.807) is 6.07 Å². The van der Waals surface area contributed by atoms with Crippen molar-refractivity contribution < 1.29 is 5.11 Å². The van der Waals surface area contributed by atoms with E-state index in [-0.39, 0.29) is 0 Å². The lowest BCUT2D eigenvalue weighted by atomic mass is 10.1. The Balaban J connectivity index is 3.09. The SMILES string of the molecule is C=CCc1c(O)cccc1[SiH3]. The van der Waals surface area contributed by atoms with Crippen LogP contribution in [0.2, 0.25) is 0 Å². The first-order chi connectivity index (χ1) is 5.25. The van der Waals surface area contributed by atoms with E-state index >= 15 is 0 Å². The maximum Gasteiger partial charge on any atom is 0.118 e. The van der Waals surface area contributed by atoms with E-state index < -0.39 is 0 Å². The van der Waals surface area contributed by atoms with Crippen LogP contribution in [0.15, 0.2) is 30.9 Å². The topological polar surface area (TPSA) is 20.2 Å². The smallest absolute Gasteiger partial charge is 0.118 e. The minimum Gasteiger partial charge on any atom is -0.508 e. The molecule has 1 nitrogen and oxygen atoms in total. The van der Waals surface area contributed by atoms with Crippen molar-refractivity contribution in [3.8, 4) is 5.75 Å². The molecule has 1 aromatic rings. The van der Waals surface area contributed by atoms with Crippen LogP contribution in [-0.4, -0.2) is 15.3 Å². The molecule has 0 atom stereocenters. The second-order valence-corrected chi connectivity index (χ2v) is 3.64. The van der Waals surface area contributed by atoms with Gasteiger partial charge in [-0.2, -0.15) is 0 Å². The van der Waals surface area contributed by atoms with Gasteiger partial charge in [-0.1, -0.05) is 23.4 Å². The van der Waals surface area contributed by atoms with Crippen LogP contribution in [0.25, 0.3) is 0 Å². The summed E-state index contributed by atoms with van der Waals surface area (Å²) in [6, 6.07) is 5.65. The van der Waals surface area contributed by atoms with Gasteiger partial charge < -0.3 is 5.11 Å². The largest absolute Gasteiger partial charge is 0.508 e. The summed E-state index contributed by atoms with van der Waals surface area (Å²) in [6.07, 6.45) is 2.59. The van der Waals surface area contributed by atoms with Gasteiger partial charge in [0.2, 0.25) is 0 Å². The Bertz CT molecular complexity index is 248. The van der Waals surface area contributed by atoms with Gasteiger partial charge in [-0.05, 0) is 18.1 Å². The lowest BCUT2D eigenvalue weighted by molar-refractivity contribution is 0.470. The van der Waals surface area contributed by atoms with Crippen molar-refractivity contribution in [2.24, 2.45) is 0 Å². The number of rotatable bonds is 2. The highest BCUT2D eigenvalue weighted by molar-refractivity contribution is 6.33. The van der Waals surface area contributed by atoms with Crippen molar-refractivity contribution in [2.45, 2.75) is 6.42 Å². The summed E-state index contributed by atoms with van der Waals surface area (Å²) in [5, 5.41) is 10.7. The van der Waals surface area contributed by atoms with E-state index in [1.165, 1.54) is 5.19 Å². The molecule has 0 amide bonds. The number of hydrogen-bond acceptors (Lipinski definition) is 1. The van der Waals surface area contributed by atoms with Crippen LogP contribution >= 0.6 is 0 Å². The molecule has 0 aliphatic rings. The maximum absolute atomic E-state index is 9.40. The Kier molecular flexibility index (Phi) is 2.49. The van der Waals surface area contributed by atoms with E-state index in [1.807, 2.05) is 18.2 Å². The summed E-state index contributed by atoms with van der Waals surface area (Å²) in [5.74, 6) is 0.400. The van der Waals surface area contributed by atoms with E-state index in [4.69, 9.17) is 0 Å². The molecule has 0 unspecified atom stereocenters. The maximum atomic E-state index is 9.40. The Morgan fingerprint density at radius 3 is 2.82 bits per heavy atom. The summed E-state index contributed by atoms with van der Waals surface area (Å²) in [6.45, 7) is 3.64. The first-order valence-electron chi connectivity index (χ1n) is 3.64. The van der Waals surface area contributed by atoms with Gasteiger partial charge in [0.25, 0.3) is 0 Å². The highest BCUT2D eigenvalue weighted by Gasteiger charge is 2.00. The van der Waals surface area contributed by atoms with Crippen molar-refractivity contribution in [3.63, 3.8) is 0 Å². The van der Waals surface area contributed by atoms with Gasteiger partial charge in [0, 0.05) is 10.2 Å². The van der Waals surface area contributed by atoms with Crippen LogP contribution in [0, 0.1) is 0 Å². The molecule has 1 N–H and O–H groups in total. The third-order valence-corrected chi connectivity index (χ3v) is 2.67. The summed E-state index contributed by atoms with van der Waals surface area (Å²) < 4.78 is 0. The average Bonchev–Trinajstić information content (AvgIpc) is 1.97. The fraction of sp³-hybridized carbons (Fsp3) is 0.111. The van der Waals surface area contributed by atoms with Crippen molar-refractivity contribution in [1.82, 2.24) is 0 Å². The molecular formula is C9H12OSi. The molecule has 0 aliphatic carbocycles. The fourth-order valence-corrected chi connectivity index (χ4v) is 1.75. The summed E-state index contributed by atoms with van der Waals surface area (Å²) in [4.78, 5) is 0. The zero-order chi connectivity index (χ0) is 8.27. The molecule has 0 bridgehead atoms. The summed E-state index contributed by atoms with van der Waals surface area (Å²) in [7, 11) is 0.981. The highest BCUT2D eigenvalue weighted by atomic mass is 28.1. The normalized spacial score (nSPS) is 9.82. The first kappa shape index (κ1) is 8.08. The van der Waals surface area contributed by atoms with Crippen LogP contribution in [-0.2, 0) is 6.42 Å². The minimum absolute atomic E-state index is 0.400. The van der Waals surface area contributed by atoms with Crippen LogP contribution in [0.5, 0.6) is 5.75 Å². The van der Waals surface area contributed by atoms with E-state index in [9.17, 15) is 5.11 Å². The fourth-order valence-electron chi connectivity index (χ4n) is 1.10. The molecule has 0 spiro atoms. The predicted molar refractivity (Wildman–Crippen MR) is 51.6 cm³/mol. The highest BCUT2D eigenvalue weighted by Crippen LogP contribution is 2.13. The molecule has 11 heavy (non-hydrogen) atoms. The Labute approximate surface area is 69.8 Å². The van der Waals surface area contributed by atoms with Gasteiger partial charge in [0.15, 0.2) is 0 Å². The lowest BCUT2D eigenvalue weighted by Crippen LogP contribution is -2.08. The minimum atomic E-state index is 0.400. The van der Waals surface area contributed by atoms with Crippen LogP contribution in [0.3, 0.4) is 0 Å². The van der Waals surface area contributed by atoms with Crippen molar-refractivity contribution in [2.75, 3.05) is 0 Å². The number of phenols is 1. The van der Waals surface area contributed by atoms with E-state index in [0.717, 1.165) is 22.2 Å². The van der Waals surface area contributed by atoms with Crippen LogP contribution < -0.4 is 5.19 Å². The third-order valence-electron chi connectivity index (χ3n) is 1.73. The molecule has 1 rings (SSSR count). The lowest BCUT2D eigenvalue weighted by Gasteiger charge is -2.04. The zero-order valence-electron chi connectivity index (χ0n) is 6.67. The molecule has 0 aliphatic heterocycles. The van der Waals surface area contributed by atoms with Gasteiger partial charge in [-0.15, -0.1) is 6.58 Å². The first-order valence-corrected chi connectivity index (χ1v) is 4.64. The number of phenolic OH excluding ortho intramolecular Hbond substituents is 1. The van der Waals surface area contributed by atoms with Gasteiger partial charge in [-0.25, -0.2) is 0 Å². The van der Waals surface area contributed by atoms with Crippen molar-refractivity contribution in [1.29, 1.82) is 0 Å². The summed E-state index contributed by atoms with van der Waals surface area (Å²) >= 11 is 0. The molecule has 0 radical (unpaired) electrons. The van der Waals surface area contributed by atoms with Crippen LogP contribution in [0.4, 0.5) is 0 Å². The zero-order valence-corrected chi connectivity index (χ0v) is 8.67. The second kappa shape index (κ2) is 3.39. The number of allylic oxidation sites excluding steroid dienone is 1. The molecule has 0 aromatic heterocycles. The second-order valence-electron chi connectivity index (χ2n) is 2.57. The van der Waals surface area contributed by atoms with E-state index in [2.05, 4.69) is 6.58 Å². The Morgan fingerprint density at radius 2 is 2.27 bits per heavy atom. The van der Waals surface area contributed by atoms with Crippen molar-refractivity contribution >= 4 is 15.4 Å². The monoisotopic (exact) mass is 164 g/mol. The molecule has 1 aromatic carbocycles. The van der Waals surface area contributed by atoms with Gasteiger partial charge >= 0.3 is 0 Å². The van der Waals surface area contributed by atoms with Gasteiger partial charge in [-0.3, -0.25) is 0 Å². The number of hydrogen-bond donors (Lipinski definition) is 1. The molecular weight excluding hydrogens is 152 g/mol. The van der Waals surface area contributed by atoms with Gasteiger partial charge in [0.1, 0.15) is 5.75 Å². The number of benzene rings is 1. The Hall–Kier alpha value is -1.02. The summed E-state index contributed by atoms with van der Waals surface area (Å²) in [5.41, 5.74) is 1.04. The van der Waals surface area contributed by atoms with Crippen LogP contribution in [0.1, 0.15) is 5.56 Å². The predicted octanol–water partition coefficient (Wildman–Crippen LogP) is 0.111. The molecule has 2 heteroatoms. The number of aromatic hydroxyl groups is 1. The Morgan fingerprint density at radius 1 is 1.55 bits per heavy atom. The van der Waals surface area contributed by atoms with Crippen molar-refractivity contribution in [3.05, 3.63) is 36.4 Å². The molecule has 58 valence electrons. The average molecular weight is 164 g/mol. The third kappa shape index (κ3) is 1.71. The van der Waals surface area contributed by atoms with E-state index in [0.29, 0.717) is 5.75 Å². The molecule has 0 fully saturated rings. The standard InChI is InChI=1S/C9H12OSi/c1-2-4-7-8(10)5-3-6-9(7)11/h2-3,5-6,10H,1,4H2,11H3. The molecule has 0 saturated heterocycles. The quantitative estimate of drug-likeness (QED) is 0.486. The molecule has 0 heterocycles. The van der Waals surface area contributed by atoms with Gasteiger partial charge in [0.05, 0.1) is 0 Å².